The fourth-order valence-corrected chi connectivity index (χ4v) is 2.00. The molecule has 0 bridgehead atoms. The lowest BCUT2D eigenvalue weighted by Crippen LogP contribution is -2.35. The SMILES string of the molecule is CC(C)(C)OC(=O)NC(C=O)c1cn[nH]c1-c1ccc(F)cc1. The molecule has 0 aliphatic heterocycles. The molecule has 1 atom stereocenters. The van der Waals surface area contributed by atoms with Crippen LogP contribution in [-0.2, 0) is 9.53 Å². The van der Waals surface area contributed by atoms with Gasteiger partial charge in [-0.1, -0.05) is 0 Å². The summed E-state index contributed by atoms with van der Waals surface area (Å²) < 4.78 is 18.2. The van der Waals surface area contributed by atoms with Crippen LogP contribution in [-0.4, -0.2) is 28.2 Å². The molecule has 1 unspecified atom stereocenters. The first-order valence-corrected chi connectivity index (χ1v) is 7.04. The molecule has 0 saturated carbocycles. The standard InChI is InChI=1S/C16H18FN3O3/c1-16(2,3)23-15(22)19-13(9-21)12-8-18-20-14(12)10-4-6-11(17)7-5-10/h4-9,13H,1-3H3,(H,18,20)(H,19,22). The highest BCUT2D eigenvalue weighted by Crippen LogP contribution is 2.25. The van der Waals surface area contributed by atoms with E-state index in [-0.39, 0.29) is 5.82 Å². The topological polar surface area (TPSA) is 84.1 Å². The summed E-state index contributed by atoms with van der Waals surface area (Å²) in [6.07, 6.45) is 1.32. The van der Waals surface area contributed by atoms with Gasteiger partial charge in [0.15, 0.2) is 0 Å². The van der Waals surface area contributed by atoms with Crippen molar-refractivity contribution in [2.45, 2.75) is 32.4 Å². The van der Waals surface area contributed by atoms with Crippen molar-refractivity contribution in [2.24, 2.45) is 0 Å². The van der Waals surface area contributed by atoms with E-state index in [1.54, 1.807) is 32.9 Å². The van der Waals surface area contributed by atoms with Gasteiger partial charge in [-0.15, -0.1) is 0 Å². The highest BCUT2D eigenvalue weighted by atomic mass is 19.1. The summed E-state index contributed by atoms with van der Waals surface area (Å²) in [6, 6.07) is 4.79. The Balaban J connectivity index is 2.23. The quantitative estimate of drug-likeness (QED) is 0.849. The van der Waals surface area contributed by atoms with Crippen LogP contribution in [0.3, 0.4) is 0 Å². The highest BCUT2D eigenvalue weighted by Gasteiger charge is 2.23. The van der Waals surface area contributed by atoms with Gasteiger partial charge in [-0.25, -0.2) is 9.18 Å². The predicted octanol–water partition coefficient (Wildman–Crippen LogP) is 2.98. The fraction of sp³-hybridized carbons (Fsp3) is 0.312. The second kappa shape index (κ2) is 6.60. The molecular weight excluding hydrogens is 301 g/mol. The van der Waals surface area contributed by atoms with E-state index in [2.05, 4.69) is 15.5 Å². The molecule has 23 heavy (non-hydrogen) atoms. The molecule has 1 heterocycles. The molecule has 0 fully saturated rings. The predicted molar refractivity (Wildman–Crippen MR) is 82.2 cm³/mol. The van der Waals surface area contributed by atoms with Gasteiger partial charge in [0, 0.05) is 11.1 Å². The maximum absolute atomic E-state index is 13.0. The van der Waals surface area contributed by atoms with Crippen LogP contribution < -0.4 is 5.32 Å². The van der Waals surface area contributed by atoms with Crippen LogP contribution in [0.5, 0.6) is 0 Å². The summed E-state index contributed by atoms with van der Waals surface area (Å²) in [5, 5.41) is 9.14. The third-order valence-electron chi connectivity index (χ3n) is 2.94. The first-order chi connectivity index (χ1) is 10.8. The second-order valence-corrected chi connectivity index (χ2v) is 5.97. The number of hydrogen-bond acceptors (Lipinski definition) is 4. The van der Waals surface area contributed by atoms with Crippen LogP contribution in [0.4, 0.5) is 9.18 Å². The molecule has 1 aromatic heterocycles. The number of amides is 1. The number of rotatable bonds is 4. The van der Waals surface area contributed by atoms with Gasteiger partial charge in [-0.3, -0.25) is 5.10 Å². The molecule has 1 aromatic carbocycles. The average molecular weight is 319 g/mol. The molecule has 122 valence electrons. The van der Waals surface area contributed by atoms with E-state index in [1.807, 2.05) is 0 Å². The zero-order valence-electron chi connectivity index (χ0n) is 13.1. The minimum absolute atomic E-state index is 0.367. The number of ether oxygens (including phenoxy) is 1. The first kappa shape index (κ1) is 16.7. The average Bonchev–Trinajstić information content (AvgIpc) is 2.93. The van der Waals surface area contributed by atoms with Gasteiger partial charge in [0.1, 0.15) is 23.7 Å². The number of alkyl carbamates (subject to hydrolysis) is 1. The summed E-state index contributed by atoms with van der Waals surface area (Å²) in [7, 11) is 0. The van der Waals surface area contributed by atoms with E-state index in [0.29, 0.717) is 23.1 Å². The third kappa shape index (κ3) is 4.38. The van der Waals surface area contributed by atoms with Gasteiger partial charge in [0.05, 0.1) is 11.9 Å². The Labute approximate surface area is 133 Å². The second-order valence-electron chi connectivity index (χ2n) is 5.97. The van der Waals surface area contributed by atoms with Gasteiger partial charge in [-0.05, 0) is 45.0 Å². The monoisotopic (exact) mass is 319 g/mol. The van der Waals surface area contributed by atoms with E-state index >= 15 is 0 Å². The molecule has 2 rings (SSSR count). The van der Waals surface area contributed by atoms with E-state index in [9.17, 15) is 14.0 Å². The van der Waals surface area contributed by atoms with Crippen molar-refractivity contribution in [3.8, 4) is 11.3 Å². The molecule has 0 radical (unpaired) electrons. The number of H-pyrrole nitrogens is 1. The number of aromatic nitrogens is 2. The number of nitrogens with zero attached hydrogens (tertiary/aromatic N) is 1. The van der Waals surface area contributed by atoms with Crippen molar-refractivity contribution in [2.75, 3.05) is 0 Å². The summed E-state index contributed by atoms with van der Waals surface area (Å²) in [4.78, 5) is 23.2. The summed E-state index contributed by atoms with van der Waals surface area (Å²) in [6.45, 7) is 5.18. The molecule has 0 aliphatic rings. The molecule has 1 amide bonds. The van der Waals surface area contributed by atoms with Crippen molar-refractivity contribution in [3.05, 3.63) is 41.8 Å². The number of aldehydes is 1. The molecule has 6 nitrogen and oxygen atoms in total. The van der Waals surface area contributed by atoms with Gasteiger partial charge < -0.3 is 14.8 Å². The van der Waals surface area contributed by atoms with Crippen LogP contribution in [0, 0.1) is 5.82 Å². The molecule has 2 aromatic rings. The Bertz CT molecular complexity index is 689. The van der Waals surface area contributed by atoms with E-state index in [1.165, 1.54) is 18.3 Å². The first-order valence-electron chi connectivity index (χ1n) is 7.04. The van der Waals surface area contributed by atoms with Crippen LogP contribution in [0.1, 0.15) is 32.4 Å². The number of carbonyl (C=O) groups excluding carboxylic acids is 2. The zero-order valence-corrected chi connectivity index (χ0v) is 13.1. The number of aromatic amines is 1. The molecule has 0 saturated heterocycles. The minimum Gasteiger partial charge on any atom is -0.444 e. The Kier molecular flexibility index (Phi) is 4.78. The molecule has 0 aliphatic carbocycles. The lowest BCUT2D eigenvalue weighted by molar-refractivity contribution is -0.109. The van der Waals surface area contributed by atoms with Crippen molar-refractivity contribution >= 4 is 12.4 Å². The summed E-state index contributed by atoms with van der Waals surface area (Å²) in [5.74, 6) is -0.367. The van der Waals surface area contributed by atoms with Gasteiger partial charge in [0.2, 0.25) is 0 Å². The summed E-state index contributed by atoms with van der Waals surface area (Å²) in [5.41, 5.74) is 0.973. The minimum atomic E-state index is -0.927. The Morgan fingerprint density at radius 1 is 1.35 bits per heavy atom. The van der Waals surface area contributed by atoms with Crippen molar-refractivity contribution in [1.29, 1.82) is 0 Å². The maximum Gasteiger partial charge on any atom is 0.408 e. The highest BCUT2D eigenvalue weighted by molar-refractivity contribution is 5.77. The normalized spacial score (nSPS) is 12.5. The lowest BCUT2D eigenvalue weighted by atomic mass is 10.0. The van der Waals surface area contributed by atoms with Crippen LogP contribution in [0.25, 0.3) is 11.3 Å². The van der Waals surface area contributed by atoms with Crippen molar-refractivity contribution < 1.29 is 18.7 Å². The number of hydrogen-bond donors (Lipinski definition) is 2. The number of carbonyl (C=O) groups is 2. The number of nitrogens with one attached hydrogen (secondary N) is 2. The largest absolute Gasteiger partial charge is 0.444 e. The molecule has 2 N–H and O–H groups in total. The third-order valence-corrected chi connectivity index (χ3v) is 2.94. The van der Waals surface area contributed by atoms with Gasteiger partial charge >= 0.3 is 6.09 Å². The Morgan fingerprint density at radius 2 is 2.00 bits per heavy atom. The van der Waals surface area contributed by atoms with Crippen LogP contribution in [0.2, 0.25) is 0 Å². The maximum atomic E-state index is 13.0. The fourth-order valence-electron chi connectivity index (χ4n) is 2.00. The zero-order chi connectivity index (χ0) is 17.0. The lowest BCUT2D eigenvalue weighted by Gasteiger charge is -2.21. The Hall–Kier alpha value is -2.70. The summed E-state index contributed by atoms with van der Waals surface area (Å²) >= 11 is 0. The van der Waals surface area contributed by atoms with Gasteiger partial charge in [-0.2, -0.15) is 5.10 Å². The molecular formula is C16H18FN3O3. The van der Waals surface area contributed by atoms with Crippen molar-refractivity contribution in [1.82, 2.24) is 15.5 Å². The van der Waals surface area contributed by atoms with Crippen molar-refractivity contribution in [3.63, 3.8) is 0 Å². The van der Waals surface area contributed by atoms with E-state index in [4.69, 9.17) is 4.74 Å². The van der Waals surface area contributed by atoms with E-state index in [0.717, 1.165) is 0 Å². The Morgan fingerprint density at radius 3 is 2.57 bits per heavy atom. The number of benzene rings is 1. The molecule has 0 spiro atoms. The van der Waals surface area contributed by atoms with E-state index < -0.39 is 17.7 Å². The van der Waals surface area contributed by atoms with Crippen LogP contribution >= 0.6 is 0 Å². The smallest absolute Gasteiger partial charge is 0.408 e. The van der Waals surface area contributed by atoms with Crippen LogP contribution in [0.15, 0.2) is 30.5 Å². The number of halogens is 1. The molecule has 7 heteroatoms. The van der Waals surface area contributed by atoms with Gasteiger partial charge in [0.25, 0.3) is 0 Å².